The lowest BCUT2D eigenvalue weighted by molar-refractivity contribution is -0.132. The first-order valence-electron chi connectivity index (χ1n) is 6.06. The molecule has 0 aliphatic rings. The molecule has 1 unspecified atom stereocenters. The van der Waals surface area contributed by atoms with Crippen LogP contribution < -0.4 is 5.32 Å². The topological polar surface area (TPSA) is 75.2 Å². The van der Waals surface area contributed by atoms with Crippen LogP contribution in [0.15, 0.2) is 12.4 Å². The molecule has 0 radical (unpaired) electrons. The van der Waals surface area contributed by atoms with Crippen molar-refractivity contribution in [2.45, 2.75) is 26.8 Å². The Hall–Kier alpha value is -1.69. The van der Waals surface area contributed by atoms with Gasteiger partial charge in [0.25, 0.3) is 5.91 Å². The van der Waals surface area contributed by atoms with Crippen LogP contribution in [0.3, 0.4) is 0 Å². The number of aromatic nitrogens is 2. The largest absolute Gasteiger partial charge is 0.341 e. The van der Waals surface area contributed by atoms with Gasteiger partial charge in [0.1, 0.15) is 16.9 Å². The first-order chi connectivity index (χ1) is 8.99. The molecule has 0 spiro atoms. The maximum atomic E-state index is 12.0. The van der Waals surface area contributed by atoms with Crippen LogP contribution in [0.1, 0.15) is 31.3 Å². The third kappa shape index (κ3) is 4.17. The minimum atomic E-state index is -0.617. The fourth-order valence-electron chi connectivity index (χ4n) is 1.59. The first-order valence-corrected chi connectivity index (χ1v) is 6.44. The van der Waals surface area contributed by atoms with E-state index in [0.717, 1.165) is 0 Å². The maximum Gasteiger partial charge on any atom is 0.272 e. The highest BCUT2D eigenvalue weighted by atomic mass is 35.5. The molecule has 0 fully saturated rings. The van der Waals surface area contributed by atoms with Gasteiger partial charge in [-0.25, -0.2) is 4.98 Å². The smallest absolute Gasteiger partial charge is 0.272 e. The molecule has 19 heavy (non-hydrogen) atoms. The SMILES string of the molecule is CCN(CC)C(=O)C(C)NC(=O)c1cncc(Cl)n1. The number of carbonyl (C=O) groups excluding carboxylic acids is 2. The van der Waals surface area contributed by atoms with Crippen LogP contribution in [0, 0.1) is 0 Å². The fourth-order valence-corrected chi connectivity index (χ4v) is 1.74. The average Bonchev–Trinajstić information content (AvgIpc) is 2.39. The van der Waals surface area contributed by atoms with Crippen molar-refractivity contribution >= 4 is 23.4 Å². The molecule has 0 bridgehead atoms. The molecule has 1 rings (SSSR count). The zero-order valence-electron chi connectivity index (χ0n) is 11.2. The second-order valence-corrected chi connectivity index (χ2v) is 4.32. The standard InChI is InChI=1S/C12H17ClN4O2/c1-4-17(5-2)12(19)8(3)15-11(18)9-6-14-7-10(13)16-9/h6-8H,4-5H2,1-3H3,(H,15,18). The summed E-state index contributed by atoms with van der Waals surface area (Å²) in [4.78, 5) is 33.1. The molecule has 1 N–H and O–H groups in total. The molecule has 0 aromatic carbocycles. The molecule has 0 saturated carbocycles. The number of carbonyl (C=O) groups is 2. The summed E-state index contributed by atoms with van der Waals surface area (Å²) in [5.74, 6) is -0.601. The quantitative estimate of drug-likeness (QED) is 0.879. The van der Waals surface area contributed by atoms with E-state index in [2.05, 4.69) is 15.3 Å². The Bertz CT molecular complexity index is 463. The van der Waals surface area contributed by atoms with Gasteiger partial charge in [-0.05, 0) is 20.8 Å². The summed E-state index contributed by atoms with van der Waals surface area (Å²) in [6.45, 7) is 6.62. The van der Waals surface area contributed by atoms with E-state index in [1.54, 1.807) is 11.8 Å². The molecule has 0 aliphatic heterocycles. The Morgan fingerprint density at radius 1 is 1.37 bits per heavy atom. The van der Waals surface area contributed by atoms with Gasteiger partial charge in [0.05, 0.1) is 12.4 Å². The van der Waals surface area contributed by atoms with E-state index in [4.69, 9.17) is 11.6 Å². The summed E-state index contributed by atoms with van der Waals surface area (Å²) in [7, 11) is 0. The van der Waals surface area contributed by atoms with Gasteiger partial charge in [0.15, 0.2) is 0 Å². The zero-order chi connectivity index (χ0) is 14.4. The van der Waals surface area contributed by atoms with E-state index in [1.165, 1.54) is 12.4 Å². The highest BCUT2D eigenvalue weighted by Gasteiger charge is 2.21. The number of nitrogens with one attached hydrogen (secondary N) is 1. The van der Waals surface area contributed by atoms with E-state index in [-0.39, 0.29) is 16.8 Å². The van der Waals surface area contributed by atoms with Gasteiger partial charge in [-0.1, -0.05) is 11.6 Å². The Morgan fingerprint density at radius 3 is 2.53 bits per heavy atom. The highest BCUT2D eigenvalue weighted by molar-refractivity contribution is 6.29. The maximum absolute atomic E-state index is 12.0. The van der Waals surface area contributed by atoms with Crippen LogP contribution in [-0.2, 0) is 4.79 Å². The Kier molecular flexibility index (Phi) is 5.69. The predicted octanol–water partition coefficient (Wildman–Crippen LogP) is 1.12. The lowest BCUT2D eigenvalue weighted by Gasteiger charge is -2.23. The third-order valence-corrected chi connectivity index (χ3v) is 2.81. The van der Waals surface area contributed by atoms with Gasteiger partial charge < -0.3 is 10.2 Å². The molecule has 104 valence electrons. The molecular weight excluding hydrogens is 268 g/mol. The molecule has 0 aliphatic carbocycles. The number of rotatable bonds is 5. The van der Waals surface area contributed by atoms with Crippen LogP contribution in [0.2, 0.25) is 5.15 Å². The number of halogens is 1. The second kappa shape index (κ2) is 7.04. The van der Waals surface area contributed by atoms with Crippen LogP contribution in [0.5, 0.6) is 0 Å². The van der Waals surface area contributed by atoms with Gasteiger partial charge in [-0.15, -0.1) is 0 Å². The number of hydrogen-bond acceptors (Lipinski definition) is 4. The van der Waals surface area contributed by atoms with E-state index in [0.29, 0.717) is 13.1 Å². The number of hydrogen-bond donors (Lipinski definition) is 1. The molecule has 6 nitrogen and oxygen atoms in total. The van der Waals surface area contributed by atoms with Crippen LogP contribution in [-0.4, -0.2) is 45.8 Å². The van der Waals surface area contributed by atoms with Crippen molar-refractivity contribution in [1.29, 1.82) is 0 Å². The number of amides is 2. The van der Waals surface area contributed by atoms with Gasteiger partial charge >= 0.3 is 0 Å². The highest BCUT2D eigenvalue weighted by Crippen LogP contribution is 2.03. The lowest BCUT2D eigenvalue weighted by atomic mass is 10.2. The van der Waals surface area contributed by atoms with E-state index < -0.39 is 11.9 Å². The summed E-state index contributed by atoms with van der Waals surface area (Å²) in [5.41, 5.74) is 0.0895. The summed E-state index contributed by atoms with van der Waals surface area (Å²) in [6.07, 6.45) is 2.64. The van der Waals surface area contributed by atoms with Crippen molar-refractivity contribution in [3.05, 3.63) is 23.2 Å². The Morgan fingerprint density at radius 2 is 2.00 bits per heavy atom. The summed E-state index contributed by atoms with van der Waals surface area (Å²) < 4.78 is 0. The number of likely N-dealkylation sites (N-methyl/N-ethyl adjacent to an activating group) is 1. The predicted molar refractivity (Wildman–Crippen MR) is 71.9 cm³/mol. The Labute approximate surface area is 117 Å². The van der Waals surface area contributed by atoms with E-state index in [1.807, 2.05) is 13.8 Å². The average molecular weight is 285 g/mol. The molecule has 7 heteroatoms. The van der Waals surface area contributed by atoms with Crippen molar-refractivity contribution in [3.63, 3.8) is 0 Å². The molecule has 1 aromatic rings. The van der Waals surface area contributed by atoms with Crippen LogP contribution in [0.4, 0.5) is 0 Å². The van der Waals surface area contributed by atoms with E-state index in [9.17, 15) is 9.59 Å². The lowest BCUT2D eigenvalue weighted by Crippen LogP contribution is -2.47. The third-order valence-electron chi connectivity index (χ3n) is 2.63. The van der Waals surface area contributed by atoms with Crippen molar-refractivity contribution in [2.24, 2.45) is 0 Å². The molecule has 1 heterocycles. The minimum absolute atomic E-state index is 0.0895. The summed E-state index contributed by atoms with van der Waals surface area (Å²) in [5, 5.41) is 2.72. The van der Waals surface area contributed by atoms with Crippen LogP contribution in [0.25, 0.3) is 0 Å². The summed E-state index contributed by atoms with van der Waals surface area (Å²) >= 11 is 5.65. The number of nitrogens with zero attached hydrogens (tertiary/aromatic N) is 3. The first kappa shape index (κ1) is 15.4. The summed E-state index contributed by atoms with van der Waals surface area (Å²) in [6, 6.07) is -0.617. The zero-order valence-corrected chi connectivity index (χ0v) is 11.9. The van der Waals surface area contributed by atoms with Crippen molar-refractivity contribution in [2.75, 3.05) is 13.1 Å². The monoisotopic (exact) mass is 284 g/mol. The van der Waals surface area contributed by atoms with E-state index >= 15 is 0 Å². The van der Waals surface area contributed by atoms with Crippen molar-refractivity contribution in [3.8, 4) is 0 Å². The van der Waals surface area contributed by atoms with Gasteiger partial charge in [-0.3, -0.25) is 14.6 Å². The van der Waals surface area contributed by atoms with Crippen LogP contribution >= 0.6 is 11.6 Å². The van der Waals surface area contributed by atoms with Crippen molar-refractivity contribution in [1.82, 2.24) is 20.2 Å². The Balaban J connectivity index is 2.69. The molecule has 2 amide bonds. The van der Waals surface area contributed by atoms with Gasteiger partial charge in [0.2, 0.25) is 5.91 Å². The fraction of sp³-hybridized carbons (Fsp3) is 0.500. The van der Waals surface area contributed by atoms with Gasteiger partial charge in [-0.2, -0.15) is 0 Å². The molecule has 0 saturated heterocycles. The second-order valence-electron chi connectivity index (χ2n) is 3.93. The molecule has 1 atom stereocenters. The molecule has 1 aromatic heterocycles. The normalized spacial score (nSPS) is 11.8. The minimum Gasteiger partial charge on any atom is -0.341 e. The van der Waals surface area contributed by atoms with Gasteiger partial charge in [0, 0.05) is 13.1 Å². The van der Waals surface area contributed by atoms with Crippen molar-refractivity contribution < 1.29 is 9.59 Å². The molecular formula is C12H17ClN4O2.